The van der Waals surface area contributed by atoms with Crippen LogP contribution in [0.15, 0.2) is 52.2 Å². The normalized spacial score (nSPS) is 13.0. The second-order valence-electron chi connectivity index (χ2n) is 5.01. The van der Waals surface area contributed by atoms with Crippen molar-refractivity contribution in [3.05, 3.63) is 54.0 Å². The highest BCUT2D eigenvalue weighted by atomic mass is 32.2. The maximum atomic E-state index is 12.7. The van der Waals surface area contributed by atoms with Gasteiger partial charge >= 0.3 is 5.76 Å². The molecule has 0 unspecified atom stereocenters. The second kappa shape index (κ2) is 6.91. The number of hydrogen-bond acceptors (Lipinski definition) is 4. The molecule has 0 aliphatic carbocycles. The quantitative estimate of drug-likeness (QED) is 0.875. The van der Waals surface area contributed by atoms with Gasteiger partial charge in [0.1, 0.15) is 0 Å². The second-order valence-corrected chi connectivity index (χ2v) is 6.90. The molecule has 0 saturated carbocycles. The van der Waals surface area contributed by atoms with Gasteiger partial charge in [-0.05, 0) is 37.1 Å². The van der Waals surface area contributed by atoms with Gasteiger partial charge in [-0.1, -0.05) is 12.1 Å². The number of nitrogens with one attached hydrogen (secondary N) is 1. The summed E-state index contributed by atoms with van der Waals surface area (Å²) in [6.45, 7) is 1.72. The fourth-order valence-corrected chi connectivity index (χ4v) is 3.04. The Morgan fingerprint density at radius 3 is 2.57 bits per heavy atom. The average molecular weight is 343 g/mol. The highest BCUT2D eigenvalue weighted by Gasteiger charge is 2.31. The molecule has 1 amide bonds. The van der Waals surface area contributed by atoms with Gasteiger partial charge in [-0.15, -0.1) is 0 Å². The molecule has 1 atom stereocenters. The van der Waals surface area contributed by atoms with Gasteiger partial charge in [0.05, 0.1) is 23.0 Å². The first kappa shape index (κ1) is 17.1. The van der Waals surface area contributed by atoms with E-state index in [1.807, 2.05) is 0 Å². The summed E-state index contributed by atoms with van der Waals surface area (Å²) in [6.07, 6.45) is 3.48. The van der Waals surface area contributed by atoms with E-state index in [2.05, 4.69) is 5.32 Å². The van der Waals surface area contributed by atoms with Gasteiger partial charge in [0, 0.05) is 6.04 Å². The Morgan fingerprint density at radius 2 is 1.96 bits per heavy atom. The van der Waals surface area contributed by atoms with Crippen LogP contribution in [0, 0.1) is 0 Å². The fourth-order valence-electron chi connectivity index (χ4n) is 2.11. The number of sulfone groups is 1. The zero-order chi connectivity index (χ0) is 17.0. The van der Waals surface area contributed by atoms with Crippen LogP contribution >= 0.6 is 0 Å². The summed E-state index contributed by atoms with van der Waals surface area (Å²) < 4.78 is 53.7. The predicted octanol–water partition coefficient (Wildman–Crippen LogP) is 2.64. The van der Waals surface area contributed by atoms with Gasteiger partial charge in [-0.25, -0.2) is 8.42 Å². The van der Waals surface area contributed by atoms with Crippen LogP contribution in [0.3, 0.4) is 0 Å². The van der Waals surface area contributed by atoms with Crippen LogP contribution in [0.2, 0.25) is 0 Å². The minimum absolute atomic E-state index is 0.299. The van der Waals surface area contributed by atoms with Gasteiger partial charge in [0.2, 0.25) is 9.84 Å². The van der Waals surface area contributed by atoms with Crippen molar-refractivity contribution in [1.29, 1.82) is 0 Å². The van der Waals surface area contributed by atoms with Gasteiger partial charge < -0.3 is 9.73 Å². The van der Waals surface area contributed by atoms with Crippen LogP contribution in [0.5, 0.6) is 0 Å². The lowest BCUT2D eigenvalue weighted by molar-refractivity contribution is 0.0936. The first-order chi connectivity index (χ1) is 10.8. The van der Waals surface area contributed by atoms with E-state index in [0.29, 0.717) is 6.42 Å². The summed E-state index contributed by atoms with van der Waals surface area (Å²) in [6, 6.07) is 6.31. The van der Waals surface area contributed by atoms with E-state index in [1.54, 1.807) is 13.0 Å². The largest absolute Gasteiger partial charge is 0.472 e. The first-order valence-corrected chi connectivity index (χ1v) is 8.30. The van der Waals surface area contributed by atoms with Crippen molar-refractivity contribution in [3.8, 4) is 0 Å². The lowest BCUT2D eigenvalue weighted by atomic mass is 10.1. The van der Waals surface area contributed by atoms with Crippen molar-refractivity contribution in [3.63, 3.8) is 0 Å². The zero-order valence-electron chi connectivity index (χ0n) is 12.2. The molecule has 2 rings (SSSR count). The van der Waals surface area contributed by atoms with E-state index in [4.69, 9.17) is 4.42 Å². The number of amides is 1. The number of alkyl halides is 2. The summed E-state index contributed by atoms with van der Waals surface area (Å²) in [5.41, 5.74) is 0.554. The van der Waals surface area contributed by atoms with E-state index in [9.17, 15) is 22.0 Å². The Kier molecular flexibility index (Phi) is 5.15. The van der Waals surface area contributed by atoms with Crippen LogP contribution in [0.1, 0.15) is 22.8 Å². The molecular weight excluding hydrogens is 328 g/mol. The van der Waals surface area contributed by atoms with Crippen molar-refractivity contribution in [1.82, 2.24) is 5.32 Å². The highest BCUT2D eigenvalue weighted by molar-refractivity contribution is 7.91. The van der Waals surface area contributed by atoms with E-state index in [0.717, 1.165) is 11.6 Å². The van der Waals surface area contributed by atoms with Gasteiger partial charge in [0.25, 0.3) is 5.91 Å². The van der Waals surface area contributed by atoms with Crippen molar-refractivity contribution >= 4 is 15.7 Å². The number of benzene rings is 1. The Morgan fingerprint density at radius 1 is 1.26 bits per heavy atom. The molecule has 5 nitrogen and oxygen atoms in total. The molecule has 23 heavy (non-hydrogen) atoms. The first-order valence-electron chi connectivity index (χ1n) is 6.75. The maximum Gasteiger partial charge on any atom is 0.341 e. The fraction of sp³-hybridized carbons (Fsp3) is 0.267. The van der Waals surface area contributed by atoms with Gasteiger partial charge in [-0.3, -0.25) is 4.79 Å². The van der Waals surface area contributed by atoms with E-state index >= 15 is 0 Å². The van der Waals surface area contributed by atoms with E-state index in [-0.39, 0.29) is 11.6 Å². The van der Waals surface area contributed by atoms with Crippen molar-refractivity contribution < 1.29 is 26.4 Å². The topological polar surface area (TPSA) is 76.4 Å². The third-order valence-corrected chi connectivity index (χ3v) is 4.61. The lowest BCUT2D eigenvalue weighted by Gasteiger charge is -2.15. The van der Waals surface area contributed by atoms with Crippen molar-refractivity contribution in [2.24, 2.45) is 0 Å². The molecule has 124 valence electrons. The smallest absolute Gasteiger partial charge is 0.341 e. The molecule has 0 radical (unpaired) electrons. The van der Waals surface area contributed by atoms with Crippen LogP contribution in [0.25, 0.3) is 0 Å². The van der Waals surface area contributed by atoms with E-state index in [1.165, 1.54) is 30.7 Å². The summed E-state index contributed by atoms with van der Waals surface area (Å²) in [4.78, 5) is 11.6. The molecule has 0 saturated heterocycles. The van der Waals surface area contributed by atoms with Crippen LogP contribution in [0.4, 0.5) is 8.78 Å². The Balaban J connectivity index is 2.20. The third kappa shape index (κ3) is 3.95. The molecule has 8 heteroatoms. The molecule has 1 N–H and O–H groups in total. The Bertz CT molecular complexity index is 773. The number of rotatable bonds is 6. The summed E-state index contributed by atoms with van der Waals surface area (Å²) in [7, 11) is -4.85. The molecule has 1 aromatic carbocycles. The molecule has 1 heterocycles. The van der Waals surface area contributed by atoms with Crippen LogP contribution in [-0.4, -0.2) is 26.1 Å². The number of furan rings is 1. The molecule has 0 fully saturated rings. The Hall–Kier alpha value is -2.22. The van der Waals surface area contributed by atoms with Crippen LogP contribution < -0.4 is 5.32 Å². The zero-order valence-corrected chi connectivity index (χ0v) is 13.0. The standard InChI is InChI=1S/C15H15F2NO4S/c1-10(8-11-6-7-22-9-11)18-14(19)12-4-2-3-5-13(12)23(20,21)15(16)17/h2-7,9-10,15H,8H2,1H3,(H,18,19)/t10-/m0/s1. The van der Waals surface area contributed by atoms with Gasteiger partial charge in [-0.2, -0.15) is 8.78 Å². The number of halogens is 2. The molecular formula is C15H15F2NO4S. The molecule has 0 spiro atoms. The minimum Gasteiger partial charge on any atom is -0.472 e. The predicted molar refractivity (Wildman–Crippen MR) is 79.0 cm³/mol. The summed E-state index contributed by atoms with van der Waals surface area (Å²) >= 11 is 0. The molecule has 0 bridgehead atoms. The average Bonchev–Trinajstić information content (AvgIpc) is 2.99. The number of hydrogen-bond donors (Lipinski definition) is 1. The van der Waals surface area contributed by atoms with Gasteiger partial charge in [0.15, 0.2) is 0 Å². The van der Waals surface area contributed by atoms with Crippen molar-refractivity contribution in [2.45, 2.75) is 30.0 Å². The van der Waals surface area contributed by atoms with E-state index < -0.39 is 26.4 Å². The maximum absolute atomic E-state index is 12.7. The highest BCUT2D eigenvalue weighted by Crippen LogP contribution is 2.22. The molecule has 2 aromatic rings. The molecule has 0 aliphatic rings. The minimum atomic E-state index is -4.85. The summed E-state index contributed by atoms with van der Waals surface area (Å²) in [5.74, 6) is -4.30. The third-order valence-electron chi connectivity index (χ3n) is 3.17. The van der Waals surface area contributed by atoms with Crippen molar-refractivity contribution in [2.75, 3.05) is 0 Å². The summed E-state index contributed by atoms with van der Waals surface area (Å²) in [5, 5.41) is 2.60. The number of carbonyl (C=O) groups is 1. The lowest BCUT2D eigenvalue weighted by Crippen LogP contribution is -2.35. The number of carbonyl (C=O) groups excluding carboxylic acids is 1. The SMILES string of the molecule is C[C@@H](Cc1ccoc1)NC(=O)c1ccccc1S(=O)(=O)C(F)F. The monoisotopic (exact) mass is 343 g/mol. The Labute approximate surface area is 132 Å². The van der Waals surface area contributed by atoms with Crippen LogP contribution in [-0.2, 0) is 16.3 Å². The molecule has 1 aromatic heterocycles. The molecule has 0 aliphatic heterocycles.